The standard InChI is InChI=1S/C14H20BrFO/c1-3-5-10(6-4-2)14(17)11-7-8-13(16)12(15)9-11/h7-10,14,17H,3-6H2,1-2H3. The number of hydrogen-bond donors (Lipinski definition) is 1. The maximum Gasteiger partial charge on any atom is 0.137 e. The number of aliphatic hydroxyl groups is 1. The Bertz CT molecular complexity index is 348. The zero-order chi connectivity index (χ0) is 12.8. The van der Waals surface area contributed by atoms with E-state index in [-0.39, 0.29) is 11.7 Å². The average molecular weight is 303 g/mol. The molecule has 1 nitrogen and oxygen atoms in total. The van der Waals surface area contributed by atoms with Crippen molar-refractivity contribution < 1.29 is 9.50 Å². The van der Waals surface area contributed by atoms with Crippen molar-refractivity contribution in [3.8, 4) is 0 Å². The molecule has 0 fully saturated rings. The molecule has 0 saturated carbocycles. The minimum absolute atomic E-state index is 0.266. The Morgan fingerprint density at radius 1 is 1.24 bits per heavy atom. The summed E-state index contributed by atoms with van der Waals surface area (Å²) < 4.78 is 13.5. The van der Waals surface area contributed by atoms with Crippen molar-refractivity contribution in [3.05, 3.63) is 34.1 Å². The van der Waals surface area contributed by atoms with Gasteiger partial charge in [0.15, 0.2) is 0 Å². The fourth-order valence-corrected chi connectivity index (χ4v) is 2.57. The van der Waals surface area contributed by atoms with E-state index in [1.165, 1.54) is 6.07 Å². The van der Waals surface area contributed by atoms with E-state index >= 15 is 0 Å². The summed E-state index contributed by atoms with van der Waals surface area (Å²) in [5.41, 5.74) is 0.796. The van der Waals surface area contributed by atoms with Gasteiger partial charge in [-0.3, -0.25) is 0 Å². The van der Waals surface area contributed by atoms with Crippen LogP contribution >= 0.6 is 15.9 Å². The van der Waals surface area contributed by atoms with Gasteiger partial charge >= 0.3 is 0 Å². The highest BCUT2D eigenvalue weighted by Gasteiger charge is 2.20. The van der Waals surface area contributed by atoms with Crippen LogP contribution in [0.15, 0.2) is 22.7 Å². The van der Waals surface area contributed by atoms with Gasteiger partial charge in [0, 0.05) is 0 Å². The second-order valence-electron chi connectivity index (χ2n) is 4.46. The van der Waals surface area contributed by atoms with E-state index in [0.29, 0.717) is 4.47 Å². The molecule has 0 aliphatic rings. The van der Waals surface area contributed by atoms with E-state index in [4.69, 9.17) is 0 Å². The first-order valence-corrected chi connectivity index (χ1v) is 7.02. The van der Waals surface area contributed by atoms with Crippen LogP contribution in [0.4, 0.5) is 4.39 Å². The Kier molecular flexibility index (Phi) is 6.14. The van der Waals surface area contributed by atoms with Gasteiger partial charge in [-0.25, -0.2) is 4.39 Å². The van der Waals surface area contributed by atoms with Crippen molar-refractivity contribution in [2.75, 3.05) is 0 Å². The van der Waals surface area contributed by atoms with E-state index in [2.05, 4.69) is 29.8 Å². The molecule has 0 bridgehead atoms. The van der Waals surface area contributed by atoms with E-state index < -0.39 is 6.10 Å². The van der Waals surface area contributed by atoms with E-state index in [1.54, 1.807) is 12.1 Å². The molecule has 0 spiro atoms. The van der Waals surface area contributed by atoms with Gasteiger partial charge in [-0.1, -0.05) is 32.8 Å². The lowest BCUT2D eigenvalue weighted by Gasteiger charge is -2.22. The highest BCUT2D eigenvalue weighted by Crippen LogP contribution is 2.31. The van der Waals surface area contributed by atoms with Gasteiger partial charge in [-0.2, -0.15) is 0 Å². The molecule has 0 aromatic heterocycles. The Morgan fingerprint density at radius 3 is 2.29 bits per heavy atom. The Labute approximate surface area is 111 Å². The van der Waals surface area contributed by atoms with Crippen LogP contribution in [0.1, 0.15) is 51.2 Å². The summed E-state index contributed by atoms with van der Waals surface area (Å²) in [5.74, 6) is -0.0224. The summed E-state index contributed by atoms with van der Waals surface area (Å²) >= 11 is 3.16. The molecular formula is C14H20BrFO. The molecule has 0 amide bonds. The molecule has 0 radical (unpaired) electrons. The summed E-state index contributed by atoms with van der Waals surface area (Å²) in [6.45, 7) is 4.24. The number of aliphatic hydroxyl groups excluding tert-OH is 1. The molecule has 1 rings (SSSR count). The smallest absolute Gasteiger partial charge is 0.137 e. The fourth-order valence-electron chi connectivity index (χ4n) is 2.17. The Hall–Kier alpha value is -0.410. The van der Waals surface area contributed by atoms with Crippen molar-refractivity contribution >= 4 is 15.9 Å². The topological polar surface area (TPSA) is 20.2 Å². The molecule has 0 aliphatic carbocycles. The van der Waals surface area contributed by atoms with Crippen molar-refractivity contribution in [1.29, 1.82) is 0 Å². The summed E-state index contributed by atoms with van der Waals surface area (Å²) in [7, 11) is 0. The molecule has 17 heavy (non-hydrogen) atoms. The first-order chi connectivity index (χ1) is 8.10. The van der Waals surface area contributed by atoms with Crippen LogP contribution in [0.5, 0.6) is 0 Å². The van der Waals surface area contributed by atoms with Crippen molar-refractivity contribution in [1.82, 2.24) is 0 Å². The first kappa shape index (κ1) is 14.7. The molecule has 1 unspecified atom stereocenters. The monoisotopic (exact) mass is 302 g/mol. The predicted octanol–water partition coefficient (Wildman–Crippen LogP) is 4.84. The summed E-state index contributed by atoms with van der Waals surface area (Å²) in [4.78, 5) is 0. The zero-order valence-electron chi connectivity index (χ0n) is 10.4. The number of benzene rings is 1. The summed E-state index contributed by atoms with van der Waals surface area (Å²) in [6, 6.07) is 4.75. The van der Waals surface area contributed by atoms with Crippen LogP contribution < -0.4 is 0 Å². The van der Waals surface area contributed by atoms with Crippen molar-refractivity contribution in [3.63, 3.8) is 0 Å². The largest absolute Gasteiger partial charge is 0.388 e. The Balaban J connectivity index is 2.84. The Morgan fingerprint density at radius 2 is 1.82 bits per heavy atom. The lowest BCUT2D eigenvalue weighted by Crippen LogP contribution is -2.12. The maximum absolute atomic E-state index is 13.1. The summed E-state index contributed by atoms with van der Waals surface area (Å²) in [5, 5.41) is 10.3. The van der Waals surface area contributed by atoms with Crippen LogP contribution in [0.3, 0.4) is 0 Å². The predicted molar refractivity (Wildman–Crippen MR) is 72.4 cm³/mol. The third-order valence-corrected chi connectivity index (χ3v) is 3.66. The van der Waals surface area contributed by atoms with Gasteiger partial charge in [0.2, 0.25) is 0 Å². The van der Waals surface area contributed by atoms with E-state index in [9.17, 15) is 9.50 Å². The zero-order valence-corrected chi connectivity index (χ0v) is 12.0. The molecule has 1 N–H and O–H groups in total. The van der Waals surface area contributed by atoms with Gasteiger partial charge in [0.05, 0.1) is 10.6 Å². The fraction of sp³-hybridized carbons (Fsp3) is 0.571. The third-order valence-electron chi connectivity index (χ3n) is 3.05. The molecule has 0 aliphatic heterocycles. The van der Waals surface area contributed by atoms with Gasteiger partial charge in [-0.05, 0) is 52.4 Å². The van der Waals surface area contributed by atoms with Crippen LogP contribution in [0.2, 0.25) is 0 Å². The molecule has 96 valence electrons. The lowest BCUT2D eigenvalue weighted by atomic mass is 9.88. The van der Waals surface area contributed by atoms with E-state index in [1.807, 2.05) is 0 Å². The number of halogens is 2. The number of hydrogen-bond acceptors (Lipinski definition) is 1. The van der Waals surface area contributed by atoms with Gasteiger partial charge in [-0.15, -0.1) is 0 Å². The molecule has 0 heterocycles. The van der Waals surface area contributed by atoms with Crippen LogP contribution in [0.25, 0.3) is 0 Å². The second-order valence-corrected chi connectivity index (χ2v) is 5.31. The summed E-state index contributed by atoms with van der Waals surface area (Å²) in [6.07, 6.45) is 3.63. The number of rotatable bonds is 6. The van der Waals surface area contributed by atoms with Crippen LogP contribution in [-0.4, -0.2) is 5.11 Å². The van der Waals surface area contributed by atoms with Crippen LogP contribution in [-0.2, 0) is 0 Å². The third kappa shape index (κ3) is 4.07. The van der Waals surface area contributed by atoms with Crippen molar-refractivity contribution in [2.45, 2.75) is 45.6 Å². The SMILES string of the molecule is CCCC(CCC)C(O)c1ccc(F)c(Br)c1. The molecule has 1 aromatic carbocycles. The highest BCUT2D eigenvalue weighted by molar-refractivity contribution is 9.10. The van der Waals surface area contributed by atoms with Gasteiger partial charge in [0.1, 0.15) is 5.82 Å². The molecule has 1 aromatic rings. The van der Waals surface area contributed by atoms with Crippen molar-refractivity contribution in [2.24, 2.45) is 5.92 Å². The van der Waals surface area contributed by atoms with Crippen LogP contribution in [0, 0.1) is 11.7 Å². The molecule has 1 atom stereocenters. The average Bonchev–Trinajstić information content (AvgIpc) is 2.31. The van der Waals surface area contributed by atoms with E-state index in [0.717, 1.165) is 31.2 Å². The first-order valence-electron chi connectivity index (χ1n) is 6.23. The second kappa shape index (κ2) is 7.12. The molecular weight excluding hydrogens is 283 g/mol. The maximum atomic E-state index is 13.1. The highest BCUT2D eigenvalue weighted by atomic mass is 79.9. The lowest BCUT2D eigenvalue weighted by molar-refractivity contribution is 0.0963. The molecule has 0 saturated heterocycles. The quantitative estimate of drug-likeness (QED) is 0.797. The van der Waals surface area contributed by atoms with Gasteiger partial charge in [0.25, 0.3) is 0 Å². The normalized spacial score (nSPS) is 13.1. The van der Waals surface area contributed by atoms with Gasteiger partial charge < -0.3 is 5.11 Å². The minimum Gasteiger partial charge on any atom is -0.388 e. The minimum atomic E-state index is -0.494. The molecule has 3 heteroatoms.